The Bertz CT molecular complexity index is 707. The van der Waals surface area contributed by atoms with Gasteiger partial charge in [0, 0.05) is 24.3 Å². The summed E-state index contributed by atoms with van der Waals surface area (Å²) in [5.41, 5.74) is 2.98. The van der Waals surface area contributed by atoms with E-state index in [-0.39, 0.29) is 0 Å². The molecule has 0 spiro atoms. The van der Waals surface area contributed by atoms with E-state index < -0.39 is 0 Å². The summed E-state index contributed by atoms with van der Waals surface area (Å²) in [5, 5.41) is 5.09. The number of nitrogens with one attached hydrogen (secondary N) is 1. The van der Waals surface area contributed by atoms with Crippen LogP contribution < -0.4 is 5.32 Å². The summed E-state index contributed by atoms with van der Waals surface area (Å²) < 4.78 is 0. The monoisotopic (exact) mass is 269 g/mol. The number of anilines is 1. The number of para-hydroxylation sites is 1. The number of nitrogens with zero attached hydrogens (tertiary/aromatic N) is 2. The maximum absolute atomic E-state index is 6.09. The molecule has 2 heterocycles. The summed E-state index contributed by atoms with van der Waals surface area (Å²) >= 11 is 6.09. The molecular weight excluding hydrogens is 258 g/mol. The summed E-state index contributed by atoms with van der Waals surface area (Å²) in [6, 6.07) is 11.9. The Hall–Kier alpha value is -2.13. The summed E-state index contributed by atoms with van der Waals surface area (Å²) in [7, 11) is 0. The lowest BCUT2D eigenvalue weighted by molar-refractivity contribution is 1.14. The SMILES string of the molecule is Clc1ccncc1NCc1cccc2cccnc12. The van der Waals surface area contributed by atoms with Gasteiger partial charge in [0.1, 0.15) is 0 Å². The van der Waals surface area contributed by atoms with Crippen LogP contribution in [0, 0.1) is 0 Å². The standard InChI is InChI=1S/C15H12ClN3/c16-13-6-8-17-10-14(13)19-9-12-4-1-3-11-5-2-7-18-15(11)12/h1-8,10,19H,9H2. The molecule has 0 saturated heterocycles. The van der Waals surface area contributed by atoms with Gasteiger partial charge < -0.3 is 5.32 Å². The van der Waals surface area contributed by atoms with Gasteiger partial charge in [0.15, 0.2) is 0 Å². The quantitative estimate of drug-likeness (QED) is 0.784. The van der Waals surface area contributed by atoms with Crippen LogP contribution in [0.25, 0.3) is 10.9 Å². The average molecular weight is 270 g/mol. The van der Waals surface area contributed by atoms with E-state index in [1.807, 2.05) is 18.3 Å². The first kappa shape index (κ1) is 11.9. The molecule has 0 fully saturated rings. The maximum atomic E-state index is 6.09. The number of rotatable bonds is 3. The average Bonchev–Trinajstić information content (AvgIpc) is 2.46. The molecule has 3 rings (SSSR count). The highest BCUT2D eigenvalue weighted by Gasteiger charge is 2.03. The van der Waals surface area contributed by atoms with Crippen molar-refractivity contribution in [3.8, 4) is 0 Å². The molecule has 2 aromatic heterocycles. The fraction of sp³-hybridized carbons (Fsp3) is 0.0667. The van der Waals surface area contributed by atoms with Gasteiger partial charge in [-0.2, -0.15) is 0 Å². The molecule has 3 nitrogen and oxygen atoms in total. The molecule has 1 N–H and O–H groups in total. The van der Waals surface area contributed by atoms with Crippen LogP contribution in [0.5, 0.6) is 0 Å². The second-order valence-corrected chi connectivity index (χ2v) is 4.61. The van der Waals surface area contributed by atoms with Gasteiger partial charge in [-0.05, 0) is 17.7 Å². The van der Waals surface area contributed by atoms with E-state index in [9.17, 15) is 0 Å². The Labute approximate surface area is 116 Å². The molecular formula is C15H12ClN3. The van der Waals surface area contributed by atoms with Gasteiger partial charge in [0.2, 0.25) is 0 Å². The third kappa shape index (κ3) is 2.51. The van der Waals surface area contributed by atoms with E-state index in [1.165, 1.54) is 0 Å². The number of benzene rings is 1. The van der Waals surface area contributed by atoms with E-state index >= 15 is 0 Å². The van der Waals surface area contributed by atoms with Crippen molar-refractivity contribution in [3.05, 3.63) is 65.6 Å². The van der Waals surface area contributed by atoms with Crippen LogP contribution in [0.1, 0.15) is 5.56 Å². The third-order valence-electron chi connectivity index (χ3n) is 2.95. The molecule has 0 aliphatic carbocycles. The van der Waals surface area contributed by atoms with Gasteiger partial charge in [0.05, 0.1) is 22.4 Å². The van der Waals surface area contributed by atoms with Gasteiger partial charge in [-0.1, -0.05) is 35.9 Å². The smallest absolute Gasteiger partial charge is 0.0751 e. The topological polar surface area (TPSA) is 37.8 Å². The summed E-state index contributed by atoms with van der Waals surface area (Å²) in [5.74, 6) is 0. The second kappa shape index (κ2) is 5.24. The molecule has 1 aromatic carbocycles. The van der Waals surface area contributed by atoms with E-state index in [1.54, 1.807) is 18.5 Å². The lowest BCUT2D eigenvalue weighted by atomic mass is 10.1. The predicted octanol–water partition coefficient (Wildman–Crippen LogP) is 3.90. The van der Waals surface area contributed by atoms with Gasteiger partial charge in [-0.3, -0.25) is 9.97 Å². The van der Waals surface area contributed by atoms with Crippen molar-refractivity contribution in [2.45, 2.75) is 6.54 Å². The molecule has 0 aliphatic rings. The second-order valence-electron chi connectivity index (χ2n) is 4.20. The van der Waals surface area contributed by atoms with Crippen LogP contribution in [0.15, 0.2) is 55.0 Å². The highest BCUT2D eigenvalue weighted by atomic mass is 35.5. The summed E-state index contributed by atoms with van der Waals surface area (Å²) in [6.07, 6.45) is 5.21. The van der Waals surface area contributed by atoms with Gasteiger partial charge >= 0.3 is 0 Å². The molecule has 19 heavy (non-hydrogen) atoms. The summed E-state index contributed by atoms with van der Waals surface area (Å²) in [4.78, 5) is 8.48. The summed E-state index contributed by atoms with van der Waals surface area (Å²) in [6.45, 7) is 0.666. The fourth-order valence-electron chi connectivity index (χ4n) is 2.01. The van der Waals surface area contributed by atoms with Crippen LogP contribution in [0.2, 0.25) is 5.02 Å². The Morgan fingerprint density at radius 3 is 2.84 bits per heavy atom. The number of fused-ring (bicyclic) bond motifs is 1. The molecule has 3 aromatic rings. The van der Waals surface area contributed by atoms with Crippen molar-refractivity contribution in [1.29, 1.82) is 0 Å². The highest BCUT2D eigenvalue weighted by molar-refractivity contribution is 6.33. The van der Waals surface area contributed by atoms with Gasteiger partial charge in [-0.25, -0.2) is 0 Å². The van der Waals surface area contributed by atoms with Crippen molar-refractivity contribution >= 4 is 28.2 Å². The number of halogens is 1. The van der Waals surface area contributed by atoms with Gasteiger partial charge in [0.25, 0.3) is 0 Å². The van der Waals surface area contributed by atoms with Crippen LogP contribution in [-0.2, 0) is 6.54 Å². The van der Waals surface area contributed by atoms with Crippen molar-refractivity contribution in [2.24, 2.45) is 0 Å². The molecule has 0 amide bonds. The van der Waals surface area contributed by atoms with Crippen molar-refractivity contribution < 1.29 is 0 Å². The minimum absolute atomic E-state index is 0.666. The Morgan fingerprint density at radius 1 is 1.05 bits per heavy atom. The van der Waals surface area contributed by atoms with Crippen LogP contribution in [0.4, 0.5) is 5.69 Å². The molecule has 0 saturated carbocycles. The molecule has 0 atom stereocenters. The van der Waals surface area contributed by atoms with E-state index in [2.05, 4.69) is 33.5 Å². The van der Waals surface area contributed by atoms with Crippen LogP contribution in [-0.4, -0.2) is 9.97 Å². The lowest BCUT2D eigenvalue weighted by Crippen LogP contribution is -2.01. The zero-order chi connectivity index (χ0) is 13.1. The third-order valence-corrected chi connectivity index (χ3v) is 3.28. The minimum Gasteiger partial charge on any atom is -0.378 e. The highest BCUT2D eigenvalue weighted by Crippen LogP contribution is 2.21. The number of aromatic nitrogens is 2. The van der Waals surface area contributed by atoms with Crippen molar-refractivity contribution in [2.75, 3.05) is 5.32 Å². The molecule has 0 aliphatic heterocycles. The van der Waals surface area contributed by atoms with Crippen molar-refractivity contribution in [1.82, 2.24) is 9.97 Å². The normalized spacial score (nSPS) is 10.6. The first-order valence-corrected chi connectivity index (χ1v) is 6.38. The zero-order valence-electron chi connectivity index (χ0n) is 10.2. The predicted molar refractivity (Wildman–Crippen MR) is 78.3 cm³/mol. The largest absolute Gasteiger partial charge is 0.378 e. The molecule has 0 radical (unpaired) electrons. The van der Waals surface area contributed by atoms with E-state index in [0.717, 1.165) is 22.2 Å². The van der Waals surface area contributed by atoms with Crippen LogP contribution >= 0.6 is 11.6 Å². The van der Waals surface area contributed by atoms with Crippen molar-refractivity contribution in [3.63, 3.8) is 0 Å². The number of pyridine rings is 2. The first-order valence-electron chi connectivity index (χ1n) is 6.00. The maximum Gasteiger partial charge on any atom is 0.0751 e. The Balaban J connectivity index is 1.88. The molecule has 0 bridgehead atoms. The fourth-order valence-corrected chi connectivity index (χ4v) is 2.18. The minimum atomic E-state index is 0.666. The Kier molecular flexibility index (Phi) is 3.29. The van der Waals surface area contributed by atoms with Gasteiger partial charge in [-0.15, -0.1) is 0 Å². The van der Waals surface area contributed by atoms with E-state index in [4.69, 9.17) is 11.6 Å². The molecule has 94 valence electrons. The Morgan fingerprint density at radius 2 is 1.95 bits per heavy atom. The number of hydrogen-bond donors (Lipinski definition) is 1. The zero-order valence-corrected chi connectivity index (χ0v) is 10.9. The van der Waals surface area contributed by atoms with E-state index in [0.29, 0.717) is 11.6 Å². The number of hydrogen-bond acceptors (Lipinski definition) is 3. The van der Waals surface area contributed by atoms with Crippen LogP contribution in [0.3, 0.4) is 0 Å². The molecule has 4 heteroatoms. The lowest BCUT2D eigenvalue weighted by Gasteiger charge is -2.09. The molecule has 0 unspecified atom stereocenters. The first-order chi connectivity index (χ1) is 9.34.